The molecule has 3 rings (SSSR count). The van der Waals surface area contributed by atoms with Crippen LogP contribution in [0.3, 0.4) is 0 Å². The third-order valence-electron chi connectivity index (χ3n) is 4.82. The van der Waals surface area contributed by atoms with Crippen LogP contribution in [-0.2, 0) is 6.54 Å². The predicted octanol–water partition coefficient (Wildman–Crippen LogP) is 3.44. The highest BCUT2D eigenvalue weighted by Gasteiger charge is 2.48. The van der Waals surface area contributed by atoms with Crippen molar-refractivity contribution in [3.63, 3.8) is 0 Å². The molecule has 2 amide bonds. The Balaban J connectivity index is 0.00000156. The molecule has 2 fully saturated rings. The summed E-state index contributed by atoms with van der Waals surface area (Å²) in [6, 6.07) is 3.70. The number of hydrogen-bond donors (Lipinski definition) is 2. The topological polar surface area (TPSA) is 63.2 Å². The summed E-state index contributed by atoms with van der Waals surface area (Å²) in [6.45, 7) is 1.81. The molecule has 2 N–H and O–H groups in total. The van der Waals surface area contributed by atoms with Crippen molar-refractivity contribution < 1.29 is 16.8 Å². The van der Waals surface area contributed by atoms with Crippen LogP contribution in [0.15, 0.2) is 18.3 Å². The molecule has 23 heavy (non-hydrogen) atoms. The molecule has 1 spiro atoms. The number of aromatic nitrogens is 1. The molecule has 1 heterocycles. The van der Waals surface area contributed by atoms with E-state index in [9.17, 15) is 9.18 Å². The summed E-state index contributed by atoms with van der Waals surface area (Å²) in [5, 5.41) is 5.86. The van der Waals surface area contributed by atoms with Crippen LogP contribution < -0.4 is 15.4 Å². The lowest BCUT2D eigenvalue weighted by Crippen LogP contribution is -2.55. The summed E-state index contributed by atoms with van der Waals surface area (Å²) in [6.07, 6.45) is 6.79. The van der Waals surface area contributed by atoms with Crippen molar-refractivity contribution in [2.24, 2.45) is 5.41 Å². The normalized spacial score (nSPS) is 20.3. The van der Waals surface area contributed by atoms with Crippen molar-refractivity contribution >= 4 is 6.03 Å². The number of carbonyl (C=O) groups is 1. The second-order valence-corrected chi connectivity index (χ2v) is 6.88. The molecule has 1 aromatic heterocycles. The second kappa shape index (κ2) is 6.72. The van der Waals surface area contributed by atoms with Gasteiger partial charge in [-0.3, -0.25) is 0 Å². The molecule has 130 valence electrons. The van der Waals surface area contributed by atoms with E-state index < -0.39 is 6.17 Å². The number of halogens is 1. The summed E-state index contributed by atoms with van der Waals surface area (Å²) < 4.78 is 18.0. The highest BCUT2D eigenvalue weighted by molar-refractivity contribution is 5.74. The number of nitrogens with one attached hydrogen (secondary N) is 2. The van der Waals surface area contributed by atoms with Gasteiger partial charge in [-0.15, -0.1) is 0 Å². The second-order valence-electron chi connectivity index (χ2n) is 6.88. The summed E-state index contributed by atoms with van der Waals surface area (Å²) in [5.74, 6) is 0.375. The number of nitrogens with zero attached hydrogens (tertiary/aromatic N) is 1. The zero-order valence-electron chi connectivity index (χ0n) is 13.5. The maximum atomic E-state index is 12.8. The van der Waals surface area contributed by atoms with Gasteiger partial charge in [0.15, 0.2) is 0 Å². The molecule has 1 aromatic rings. The van der Waals surface area contributed by atoms with E-state index in [4.69, 9.17) is 4.74 Å². The Labute approximate surface area is 139 Å². The minimum atomic E-state index is -1.04. The van der Waals surface area contributed by atoms with Crippen LogP contribution >= 0.6 is 0 Å². The van der Waals surface area contributed by atoms with E-state index in [2.05, 4.69) is 15.6 Å². The number of alkyl halides is 1. The first kappa shape index (κ1) is 16.0. The van der Waals surface area contributed by atoms with Crippen LogP contribution in [0.4, 0.5) is 9.18 Å². The number of pyridine rings is 1. The Morgan fingerprint density at radius 1 is 1.57 bits per heavy atom. The van der Waals surface area contributed by atoms with E-state index in [-0.39, 0.29) is 15.5 Å². The van der Waals surface area contributed by atoms with E-state index in [1.165, 1.54) is 26.2 Å². The molecule has 2 aliphatic carbocycles. The molecule has 6 heteroatoms. The summed E-state index contributed by atoms with van der Waals surface area (Å²) in [5.41, 5.74) is 1.43. The summed E-state index contributed by atoms with van der Waals surface area (Å²) in [7, 11) is 0. The van der Waals surface area contributed by atoms with Gasteiger partial charge in [-0.25, -0.2) is 14.2 Å². The van der Waals surface area contributed by atoms with Gasteiger partial charge < -0.3 is 15.4 Å². The quantitative estimate of drug-likeness (QED) is 0.842. The van der Waals surface area contributed by atoms with Crippen molar-refractivity contribution in [2.45, 2.75) is 57.8 Å². The Morgan fingerprint density at radius 2 is 2.35 bits per heavy atom. The van der Waals surface area contributed by atoms with Gasteiger partial charge >= 0.3 is 6.03 Å². The molecule has 0 radical (unpaired) electrons. The van der Waals surface area contributed by atoms with Gasteiger partial charge in [0.1, 0.15) is 12.8 Å². The molecular weight excluding hydrogens is 297 g/mol. The van der Waals surface area contributed by atoms with Gasteiger partial charge in [-0.2, -0.15) is 0 Å². The molecule has 2 aliphatic rings. The fraction of sp³-hybridized carbons (Fsp3) is 0.647. The number of ether oxygens (including phenoxy) is 1. The van der Waals surface area contributed by atoms with Gasteiger partial charge in [0, 0.05) is 27.7 Å². The van der Waals surface area contributed by atoms with Gasteiger partial charge in [0.25, 0.3) is 0 Å². The highest BCUT2D eigenvalue weighted by atomic mass is 19.1. The monoisotopic (exact) mass is 325 g/mol. The fourth-order valence-corrected chi connectivity index (χ4v) is 3.43. The Kier molecular flexibility index (Phi) is 4.68. The molecule has 1 unspecified atom stereocenters. The van der Waals surface area contributed by atoms with Gasteiger partial charge in [-0.05, 0) is 49.7 Å². The maximum Gasteiger partial charge on any atom is 0.315 e. The first-order valence-corrected chi connectivity index (χ1v) is 8.31. The molecular formula is C17H28FN3O2. The third kappa shape index (κ3) is 4.12. The lowest BCUT2D eigenvalue weighted by atomic mass is 9.54. The van der Waals surface area contributed by atoms with Crippen molar-refractivity contribution in [2.75, 3.05) is 6.61 Å². The minimum absolute atomic E-state index is 0. The molecule has 0 aliphatic heterocycles. The first-order valence-electron chi connectivity index (χ1n) is 8.31. The number of rotatable bonds is 6. The van der Waals surface area contributed by atoms with Crippen LogP contribution in [0.1, 0.15) is 47.4 Å². The lowest BCUT2D eigenvalue weighted by molar-refractivity contribution is 0.00225. The van der Waals surface area contributed by atoms with Crippen LogP contribution in [0.5, 0.6) is 5.88 Å². The maximum absolute atomic E-state index is 12.8. The van der Waals surface area contributed by atoms with Crippen molar-refractivity contribution in [1.29, 1.82) is 0 Å². The van der Waals surface area contributed by atoms with Crippen LogP contribution in [-0.4, -0.2) is 29.8 Å². The molecule has 0 saturated heterocycles. The first-order chi connectivity index (χ1) is 11.0. The zero-order chi connectivity index (χ0) is 16.3. The fourth-order valence-electron chi connectivity index (χ4n) is 3.43. The number of amides is 2. The standard InChI is InChI=1S/C17H24FN3O2.2H2/c1-12(18)11-23-15-7-13(3-6-19-15)10-20-16(22)21-14-8-17(9-14)4-2-5-17;;/h3,6-7,12,14H,2,4-5,8-11H2,1H3,(H2,20,21,22);2*1H. The van der Waals surface area contributed by atoms with Gasteiger partial charge in [0.2, 0.25) is 5.88 Å². The van der Waals surface area contributed by atoms with Gasteiger partial charge in [-0.1, -0.05) is 6.42 Å². The van der Waals surface area contributed by atoms with Gasteiger partial charge in [0.05, 0.1) is 0 Å². The van der Waals surface area contributed by atoms with E-state index in [1.54, 1.807) is 18.3 Å². The van der Waals surface area contributed by atoms with Crippen molar-refractivity contribution in [3.05, 3.63) is 23.9 Å². The predicted molar refractivity (Wildman–Crippen MR) is 89.2 cm³/mol. The third-order valence-corrected chi connectivity index (χ3v) is 4.82. The average molecular weight is 325 g/mol. The molecule has 0 bridgehead atoms. The number of hydrogen-bond acceptors (Lipinski definition) is 3. The summed E-state index contributed by atoms with van der Waals surface area (Å²) in [4.78, 5) is 15.9. The van der Waals surface area contributed by atoms with E-state index in [0.717, 1.165) is 18.4 Å². The van der Waals surface area contributed by atoms with E-state index >= 15 is 0 Å². The largest absolute Gasteiger partial charge is 0.475 e. The lowest BCUT2D eigenvalue weighted by Gasteiger charge is -2.54. The Hall–Kier alpha value is -1.85. The van der Waals surface area contributed by atoms with Crippen LogP contribution in [0, 0.1) is 5.41 Å². The van der Waals surface area contributed by atoms with Crippen molar-refractivity contribution in [3.8, 4) is 5.88 Å². The highest BCUT2D eigenvalue weighted by Crippen LogP contribution is 2.55. The SMILES string of the molecule is CC(F)COc1cc(CNC(=O)NC2CC3(CCC3)C2)ccn1.[HH].[HH]. The average Bonchev–Trinajstić information content (AvgIpc) is 2.45. The van der Waals surface area contributed by atoms with E-state index in [1.807, 2.05) is 0 Å². The molecule has 2 saturated carbocycles. The number of urea groups is 1. The summed E-state index contributed by atoms with van der Waals surface area (Å²) >= 11 is 0. The molecule has 0 aromatic carbocycles. The van der Waals surface area contributed by atoms with Crippen molar-refractivity contribution in [1.82, 2.24) is 15.6 Å². The minimum Gasteiger partial charge on any atom is -0.475 e. The van der Waals surface area contributed by atoms with Crippen LogP contribution in [0.25, 0.3) is 0 Å². The smallest absolute Gasteiger partial charge is 0.315 e. The zero-order valence-corrected chi connectivity index (χ0v) is 13.5. The number of carbonyl (C=O) groups excluding carboxylic acids is 1. The molecule has 1 atom stereocenters. The van der Waals surface area contributed by atoms with E-state index in [0.29, 0.717) is 23.9 Å². The Bertz CT molecular complexity index is 563. The van der Waals surface area contributed by atoms with Crippen LogP contribution in [0.2, 0.25) is 0 Å². The molecule has 5 nitrogen and oxygen atoms in total. The Morgan fingerprint density at radius 3 is 3.00 bits per heavy atom.